The number of hydrogen-bond donors (Lipinski definition) is 2. The summed E-state index contributed by atoms with van der Waals surface area (Å²) < 4.78 is 0. The van der Waals surface area contributed by atoms with E-state index >= 15 is 0 Å². The molecule has 1 aromatic rings. The van der Waals surface area contributed by atoms with Gasteiger partial charge in [0.15, 0.2) is 0 Å². The highest BCUT2D eigenvalue weighted by atomic mass is 16.1. The van der Waals surface area contributed by atoms with Gasteiger partial charge in [-0.25, -0.2) is 0 Å². The fraction of sp³-hybridized carbons (Fsp3) is 0.632. The summed E-state index contributed by atoms with van der Waals surface area (Å²) in [5.74, 6) is 2.02. The Hall–Kier alpha value is -1.35. The van der Waals surface area contributed by atoms with Crippen molar-refractivity contribution in [2.75, 3.05) is 11.9 Å². The van der Waals surface area contributed by atoms with Gasteiger partial charge in [0, 0.05) is 11.6 Å². The van der Waals surface area contributed by atoms with Crippen LogP contribution in [0.15, 0.2) is 24.3 Å². The molecule has 0 bridgehead atoms. The monoisotopic (exact) mass is 302 g/mol. The highest BCUT2D eigenvalue weighted by molar-refractivity contribution is 5.93. The lowest BCUT2D eigenvalue weighted by atomic mass is 9.70. The molecule has 0 aromatic heterocycles. The van der Waals surface area contributed by atoms with E-state index in [0.717, 1.165) is 24.1 Å². The number of nitrogens with two attached hydrogens (primary N) is 1. The van der Waals surface area contributed by atoms with E-state index in [9.17, 15) is 4.79 Å². The predicted molar refractivity (Wildman–Crippen MR) is 92.7 cm³/mol. The molecule has 0 heterocycles. The number of carbonyl (C=O) groups is 1. The minimum absolute atomic E-state index is 0.134. The fourth-order valence-corrected chi connectivity index (χ4v) is 3.74. The molecule has 22 heavy (non-hydrogen) atoms. The third-order valence-electron chi connectivity index (χ3n) is 5.05. The average molecular weight is 302 g/mol. The van der Waals surface area contributed by atoms with Crippen LogP contribution < -0.4 is 11.1 Å². The maximum Gasteiger partial charge on any atom is 0.227 e. The molecule has 1 saturated carbocycles. The lowest BCUT2D eigenvalue weighted by Gasteiger charge is -2.36. The number of hydrogen-bond acceptors (Lipinski definition) is 2. The Balaban J connectivity index is 2.13. The molecule has 0 aliphatic heterocycles. The molecule has 3 N–H and O–H groups in total. The molecule has 3 atom stereocenters. The summed E-state index contributed by atoms with van der Waals surface area (Å²) in [6.45, 7) is 7.34. The van der Waals surface area contributed by atoms with E-state index in [4.69, 9.17) is 5.73 Å². The van der Waals surface area contributed by atoms with Gasteiger partial charge in [0.1, 0.15) is 0 Å². The van der Waals surface area contributed by atoms with E-state index < -0.39 is 0 Å². The van der Waals surface area contributed by atoms with Gasteiger partial charge >= 0.3 is 0 Å². The Morgan fingerprint density at radius 1 is 1.32 bits per heavy atom. The van der Waals surface area contributed by atoms with Gasteiger partial charge in [-0.15, -0.1) is 0 Å². The average Bonchev–Trinajstić information content (AvgIpc) is 2.49. The quantitative estimate of drug-likeness (QED) is 0.868. The van der Waals surface area contributed by atoms with E-state index in [2.05, 4.69) is 26.1 Å². The van der Waals surface area contributed by atoms with Crippen LogP contribution in [0.5, 0.6) is 0 Å². The number of benzene rings is 1. The molecule has 2 rings (SSSR count). The molecule has 0 saturated heterocycles. The highest BCUT2D eigenvalue weighted by Gasteiger charge is 2.35. The van der Waals surface area contributed by atoms with Crippen LogP contribution in [0.25, 0.3) is 0 Å². The van der Waals surface area contributed by atoms with Gasteiger partial charge in [-0.2, -0.15) is 0 Å². The molecule has 3 nitrogen and oxygen atoms in total. The lowest BCUT2D eigenvalue weighted by molar-refractivity contribution is -0.124. The number of rotatable bonds is 5. The smallest absolute Gasteiger partial charge is 0.227 e. The van der Waals surface area contributed by atoms with Crippen molar-refractivity contribution in [2.24, 2.45) is 29.4 Å². The summed E-state index contributed by atoms with van der Waals surface area (Å²) in [6, 6.07) is 8.00. The Labute approximate surface area is 134 Å². The summed E-state index contributed by atoms with van der Waals surface area (Å²) in [5.41, 5.74) is 7.73. The topological polar surface area (TPSA) is 55.1 Å². The second-order valence-corrected chi connectivity index (χ2v) is 7.12. The van der Waals surface area contributed by atoms with Gasteiger partial charge in [-0.05, 0) is 55.2 Å². The van der Waals surface area contributed by atoms with Crippen LogP contribution in [-0.4, -0.2) is 12.5 Å². The van der Waals surface area contributed by atoms with Crippen molar-refractivity contribution in [3.8, 4) is 0 Å². The van der Waals surface area contributed by atoms with E-state index in [-0.39, 0.29) is 11.8 Å². The van der Waals surface area contributed by atoms with E-state index in [1.165, 1.54) is 12.8 Å². The molecule has 1 amide bonds. The number of nitrogens with one attached hydrogen (secondary N) is 1. The van der Waals surface area contributed by atoms with Crippen LogP contribution in [0.3, 0.4) is 0 Å². The summed E-state index contributed by atoms with van der Waals surface area (Å²) in [6.07, 6.45) is 4.22. The standard InChI is InChI=1S/C19H30N2O/c1-13(2)16-9-8-14(3)12-17(16)19(22)21-18-7-5-4-6-15(18)10-11-20/h4-7,13-14,16-17H,8-12,20H2,1-3H3,(H,21,22)/t14-,16+,17-/m1/s1. The molecule has 122 valence electrons. The molecular weight excluding hydrogens is 272 g/mol. The van der Waals surface area contributed by atoms with Crippen LogP contribution in [0, 0.1) is 23.7 Å². The van der Waals surface area contributed by atoms with Crippen LogP contribution >= 0.6 is 0 Å². The first-order chi connectivity index (χ1) is 10.5. The highest BCUT2D eigenvalue weighted by Crippen LogP contribution is 2.38. The van der Waals surface area contributed by atoms with Gasteiger partial charge in [-0.3, -0.25) is 4.79 Å². The Morgan fingerprint density at radius 2 is 2.05 bits per heavy atom. The third kappa shape index (κ3) is 4.10. The van der Waals surface area contributed by atoms with Crippen molar-refractivity contribution < 1.29 is 4.79 Å². The first kappa shape index (κ1) is 17.0. The molecule has 1 aliphatic rings. The molecule has 3 heteroatoms. The number of amides is 1. The van der Waals surface area contributed by atoms with E-state index in [1.807, 2.05) is 24.3 Å². The Kier molecular flexibility index (Phi) is 6.01. The van der Waals surface area contributed by atoms with Crippen molar-refractivity contribution in [2.45, 2.75) is 46.5 Å². The Bertz CT molecular complexity index is 498. The van der Waals surface area contributed by atoms with Crippen LogP contribution in [-0.2, 0) is 11.2 Å². The predicted octanol–water partition coefficient (Wildman–Crippen LogP) is 3.83. The summed E-state index contributed by atoms with van der Waals surface area (Å²) in [7, 11) is 0. The first-order valence-corrected chi connectivity index (χ1v) is 8.61. The second kappa shape index (κ2) is 7.77. The van der Waals surface area contributed by atoms with Crippen molar-refractivity contribution in [3.05, 3.63) is 29.8 Å². The van der Waals surface area contributed by atoms with Crippen LogP contribution in [0.2, 0.25) is 0 Å². The lowest BCUT2D eigenvalue weighted by Crippen LogP contribution is -2.36. The second-order valence-electron chi connectivity index (χ2n) is 7.12. The van der Waals surface area contributed by atoms with Crippen molar-refractivity contribution >= 4 is 11.6 Å². The molecule has 0 radical (unpaired) electrons. The maximum absolute atomic E-state index is 12.8. The van der Waals surface area contributed by atoms with E-state index in [1.54, 1.807) is 0 Å². The fourth-order valence-electron chi connectivity index (χ4n) is 3.74. The zero-order valence-electron chi connectivity index (χ0n) is 14.1. The zero-order valence-corrected chi connectivity index (χ0v) is 14.1. The number of anilines is 1. The first-order valence-electron chi connectivity index (χ1n) is 8.61. The van der Waals surface area contributed by atoms with Gasteiger partial charge < -0.3 is 11.1 Å². The number of para-hydroxylation sites is 1. The van der Waals surface area contributed by atoms with Crippen LogP contribution in [0.1, 0.15) is 45.6 Å². The molecule has 1 aliphatic carbocycles. The van der Waals surface area contributed by atoms with Gasteiger partial charge in [0.05, 0.1) is 0 Å². The zero-order chi connectivity index (χ0) is 16.1. The molecule has 0 spiro atoms. The minimum atomic E-state index is 0.134. The molecule has 0 unspecified atom stereocenters. The van der Waals surface area contributed by atoms with Crippen molar-refractivity contribution in [1.29, 1.82) is 0 Å². The normalized spacial score (nSPS) is 25.2. The van der Waals surface area contributed by atoms with Gasteiger partial charge in [0.25, 0.3) is 0 Å². The molecule has 1 aromatic carbocycles. The largest absolute Gasteiger partial charge is 0.330 e. The third-order valence-corrected chi connectivity index (χ3v) is 5.05. The molecule has 1 fully saturated rings. The van der Waals surface area contributed by atoms with E-state index in [0.29, 0.717) is 24.3 Å². The molecular formula is C19H30N2O. The summed E-state index contributed by atoms with van der Waals surface area (Å²) >= 11 is 0. The van der Waals surface area contributed by atoms with Crippen molar-refractivity contribution in [1.82, 2.24) is 0 Å². The van der Waals surface area contributed by atoms with Crippen LogP contribution in [0.4, 0.5) is 5.69 Å². The van der Waals surface area contributed by atoms with Gasteiger partial charge in [0.2, 0.25) is 5.91 Å². The Morgan fingerprint density at radius 3 is 2.73 bits per heavy atom. The number of carbonyl (C=O) groups excluding carboxylic acids is 1. The van der Waals surface area contributed by atoms with Gasteiger partial charge in [-0.1, -0.05) is 45.4 Å². The SMILES string of the molecule is CC(C)[C@@H]1CC[C@@H](C)C[C@H]1C(=O)Nc1ccccc1CCN. The summed E-state index contributed by atoms with van der Waals surface area (Å²) in [5, 5.41) is 3.18. The maximum atomic E-state index is 12.8. The van der Waals surface area contributed by atoms with Crippen molar-refractivity contribution in [3.63, 3.8) is 0 Å². The minimum Gasteiger partial charge on any atom is -0.330 e. The summed E-state index contributed by atoms with van der Waals surface area (Å²) in [4.78, 5) is 12.8.